The first-order valence-electron chi connectivity index (χ1n) is 3.80. The van der Waals surface area contributed by atoms with E-state index in [2.05, 4.69) is 10.3 Å². The Kier molecular flexibility index (Phi) is 2.32. The van der Waals surface area contributed by atoms with E-state index in [1.807, 2.05) is 6.92 Å². The number of aliphatic imine (C=N–C) groups is 1. The van der Waals surface area contributed by atoms with Gasteiger partial charge in [-0.3, -0.25) is 10.1 Å². The van der Waals surface area contributed by atoms with E-state index in [0.717, 1.165) is 0 Å². The maximum Gasteiger partial charge on any atom is 0.257 e. The fourth-order valence-corrected chi connectivity index (χ4v) is 1.22. The number of methoxy groups -OCH3 is 1. The predicted molar refractivity (Wildman–Crippen MR) is 44.7 cm³/mol. The van der Waals surface area contributed by atoms with Gasteiger partial charge in [0.2, 0.25) is 0 Å². The normalized spacial score (nSPS) is 28.5. The SMILES string of the molecule is CCC1(COC)N=C(N)NC1=O. The highest BCUT2D eigenvalue weighted by atomic mass is 16.5. The molecule has 1 atom stereocenters. The summed E-state index contributed by atoms with van der Waals surface area (Å²) in [5.41, 5.74) is 4.58. The van der Waals surface area contributed by atoms with Crippen molar-refractivity contribution in [2.75, 3.05) is 13.7 Å². The zero-order valence-electron chi connectivity index (χ0n) is 7.26. The molecule has 0 aliphatic carbocycles. The lowest BCUT2D eigenvalue weighted by atomic mass is 9.98. The van der Waals surface area contributed by atoms with E-state index in [9.17, 15) is 4.79 Å². The molecule has 3 N–H and O–H groups in total. The number of carbonyl (C=O) groups is 1. The molecule has 0 bridgehead atoms. The van der Waals surface area contributed by atoms with E-state index < -0.39 is 5.54 Å². The van der Waals surface area contributed by atoms with Crippen LogP contribution in [0.5, 0.6) is 0 Å². The van der Waals surface area contributed by atoms with Gasteiger partial charge in [0, 0.05) is 7.11 Å². The first-order chi connectivity index (χ1) is 5.64. The van der Waals surface area contributed by atoms with E-state index in [1.54, 1.807) is 0 Å². The highest BCUT2D eigenvalue weighted by Gasteiger charge is 2.41. The molecule has 5 nitrogen and oxygen atoms in total. The summed E-state index contributed by atoms with van der Waals surface area (Å²) < 4.78 is 4.92. The molecule has 1 unspecified atom stereocenters. The maximum absolute atomic E-state index is 11.3. The maximum atomic E-state index is 11.3. The number of hydrogen-bond acceptors (Lipinski definition) is 4. The molecule has 0 fully saturated rings. The Morgan fingerprint density at radius 2 is 2.42 bits per heavy atom. The zero-order chi connectivity index (χ0) is 9.19. The molecule has 0 aromatic rings. The fraction of sp³-hybridized carbons (Fsp3) is 0.714. The van der Waals surface area contributed by atoms with Crippen molar-refractivity contribution in [2.24, 2.45) is 10.7 Å². The van der Waals surface area contributed by atoms with Crippen LogP contribution in [0, 0.1) is 0 Å². The largest absolute Gasteiger partial charge is 0.382 e. The van der Waals surface area contributed by atoms with Crippen LogP contribution in [0.25, 0.3) is 0 Å². The Labute approximate surface area is 71.0 Å². The summed E-state index contributed by atoms with van der Waals surface area (Å²) in [5.74, 6) is 0.00301. The van der Waals surface area contributed by atoms with Crippen LogP contribution < -0.4 is 11.1 Å². The third-order valence-corrected chi connectivity index (χ3v) is 1.97. The van der Waals surface area contributed by atoms with Crippen LogP contribution in [0.3, 0.4) is 0 Å². The number of ether oxygens (including phenoxy) is 1. The molecular formula is C7H13N3O2. The standard InChI is InChI=1S/C7H13N3O2/c1-3-7(4-12-2)5(11)9-6(8)10-7/h3-4H2,1-2H3,(H3,8,9,10,11). The molecule has 1 aliphatic rings. The van der Waals surface area contributed by atoms with E-state index in [1.165, 1.54) is 7.11 Å². The van der Waals surface area contributed by atoms with Crippen molar-refractivity contribution in [3.63, 3.8) is 0 Å². The quantitative estimate of drug-likeness (QED) is 0.585. The zero-order valence-corrected chi connectivity index (χ0v) is 7.26. The Hall–Kier alpha value is -1.10. The number of nitrogens with one attached hydrogen (secondary N) is 1. The Morgan fingerprint density at radius 3 is 2.75 bits per heavy atom. The van der Waals surface area contributed by atoms with Gasteiger partial charge >= 0.3 is 0 Å². The third kappa shape index (κ3) is 1.27. The van der Waals surface area contributed by atoms with Gasteiger partial charge in [0.15, 0.2) is 11.5 Å². The molecule has 1 heterocycles. The summed E-state index contributed by atoms with van der Waals surface area (Å²) in [7, 11) is 1.54. The van der Waals surface area contributed by atoms with Gasteiger partial charge in [0.25, 0.3) is 5.91 Å². The highest BCUT2D eigenvalue weighted by Crippen LogP contribution is 2.20. The summed E-state index contributed by atoms with van der Waals surface area (Å²) in [4.78, 5) is 15.4. The molecule has 12 heavy (non-hydrogen) atoms. The Balaban J connectivity index is 2.84. The third-order valence-electron chi connectivity index (χ3n) is 1.97. The van der Waals surface area contributed by atoms with Crippen molar-refractivity contribution in [1.29, 1.82) is 0 Å². The Bertz CT molecular complexity index is 227. The van der Waals surface area contributed by atoms with Crippen LogP contribution in [0.2, 0.25) is 0 Å². The van der Waals surface area contributed by atoms with Crippen LogP contribution in [0.15, 0.2) is 4.99 Å². The molecule has 0 saturated carbocycles. The van der Waals surface area contributed by atoms with Gasteiger partial charge in [-0.1, -0.05) is 6.92 Å². The minimum atomic E-state index is -0.793. The lowest BCUT2D eigenvalue weighted by molar-refractivity contribution is -0.125. The first-order valence-corrected chi connectivity index (χ1v) is 3.80. The summed E-state index contributed by atoms with van der Waals surface area (Å²) in [6.07, 6.45) is 0.591. The van der Waals surface area contributed by atoms with E-state index in [4.69, 9.17) is 10.5 Å². The molecule has 1 rings (SSSR count). The second-order valence-electron chi connectivity index (χ2n) is 2.77. The van der Waals surface area contributed by atoms with Crippen molar-refractivity contribution in [2.45, 2.75) is 18.9 Å². The molecular weight excluding hydrogens is 158 g/mol. The molecule has 1 amide bonds. The summed E-state index contributed by atoms with van der Waals surface area (Å²) in [6.45, 7) is 2.15. The number of hydrogen-bond donors (Lipinski definition) is 2. The van der Waals surface area contributed by atoms with Crippen LogP contribution in [0.1, 0.15) is 13.3 Å². The van der Waals surface area contributed by atoms with Gasteiger partial charge in [-0.15, -0.1) is 0 Å². The lowest BCUT2D eigenvalue weighted by Gasteiger charge is -2.19. The lowest BCUT2D eigenvalue weighted by Crippen LogP contribution is -2.43. The Morgan fingerprint density at radius 1 is 1.75 bits per heavy atom. The van der Waals surface area contributed by atoms with E-state index in [0.29, 0.717) is 6.42 Å². The predicted octanol–water partition coefficient (Wildman–Crippen LogP) is -0.774. The molecule has 0 spiro atoms. The van der Waals surface area contributed by atoms with Crippen molar-refractivity contribution in [3.8, 4) is 0 Å². The van der Waals surface area contributed by atoms with Gasteiger partial charge < -0.3 is 10.5 Å². The molecule has 68 valence electrons. The van der Waals surface area contributed by atoms with Gasteiger partial charge in [-0.2, -0.15) is 0 Å². The first kappa shape index (κ1) is 8.99. The summed E-state index contributed by atoms with van der Waals surface area (Å²) in [5, 5.41) is 2.45. The van der Waals surface area contributed by atoms with Crippen LogP contribution in [-0.2, 0) is 9.53 Å². The summed E-state index contributed by atoms with van der Waals surface area (Å²) in [6, 6.07) is 0. The molecule has 0 aromatic heterocycles. The minimum Gasteiger partial charge on any atom is -0.382 e. The second kappa shape index (κ2) is 3.10. The molecule has 0 aromatic carbocycles. The number of nitrogens with zero attached hydrogens (tertiary/aromatic N) is 1. The van der Waals surface area contributed by atoms with Crippen LogP contribution in [-0.4, -0.2) is 31.1 Å². The van der Waals surface area contributed by atoms with Gasteiger partial charge in [-0.05, 0) is 6.42 Å². The number of amides is 1. The monoisotopic (exact) mass is 171 g/mol. The van der Waals surface area contributed by atoms with Crippen molar-refractivity contribution >= 4 is 11.9 Å². The smallest absolute Gasteiger partial charge is 0.257 e. The van der Waals surface area contributed by atoms with Crippen LogP contribution in [0.4, 0.5) is 0 Å². The number of rotatable bonds is 3. The van der Waals surface area contributed by atoms with Crippen molar-refractivity contribution in [3.05, 3.63) is 0 Å². The van der Waals surface area contributed by atoms with Gasteiger partial charge in [0.1, 0.15) is 0 Å². The number of guanidine groups is 1. The topological polar surface area (TPSA) is 76.7 Å². The minimum absolute atomic E-state index is 0.177. The molecule has 5 heteroatoms. The number of nitrogens with two attached hydrogens (primary N) is 1. The second-order valence-corrected chi connectivity index (χ2v) is 2.77. The summed E-state index contributed by atoms with van der Waals surface area (Å²) >= 11 is 0. The highest BCUT2D eigenvalue weighted by molar-refractivity contribution is 6.06. The average Bonchev–Trinajstić information content (AvgIpc) is 2.28. The van der Waals surface area contributed by atoms with Gasteiger partial charge in [0.05, 0.1) is 6.61 Å². The molecule has 0 saturated heterocycles. The van der Waals surface area contributed by atoms with Crippen molar-refractivity contribution < 1.29 is 9.53 Å². The molecule has 0 radical (unpaired) electrons. The van der Waals surface area contributed by atoms with Crippen LogP contribution >= 0.6 is 0 Å². The van der Waals surface area contributed by atoms with Gasteiger partial charge in [-0.25, -0.2) is 4.99 Å². The average molecular weight is 171 g/mol. The van der Waals surface area contributed by atoms with E-state index >= 15 is 0 Å². The van der Waals surface area contributed by atoms with Crippen molar-refractivity contribution in [1.82, 2.24) is 5.32 Å². The molecule has 1 aliphatic heterocycles. The van der Waals surface area contributed by atoms with E-state index in [-0.39, 0.29) is 18.5 Å². The number of carbonyl (C=O) groups excluding carboxylic acids is 1. The fourth-order valence-electron chi connectivity index (χ4n) is 1.22.